The molecule has 1 unspecified atom stereocenters. The van der Waals surface area contributed by atoms with Gasteiger partial charge in [0.05, 0.1) is 13.2 Å². The number of nitrogens with one attached hydrogen (secondary N) is 1. The minimum absolute atomic E-state index is 0.0175. The van der Waals surface area contributed by atoms with Crippen LogP contribution in [0.3, 0.4) is 0 Å². The number of aryl methyl sites for hydroxylation is 1. The lowest BCUT2D eigenvalue weighted by atomic mass is 9.92. The van der Waals surface area contributed by atoms with Gasteiger partial charge in [-0.3, -0.25) is 4.79 Å². The Hall–Kier alpha value is -2.86. The Kier molecular flexibility index (Phi) is 6.77. The number of hydrogen-bond donors (Lipinski definition) is 1. The molecule has 0 fully saturated rings. The van der Waals surface area contributed by atoms with Crippen molar-refractivity contribution in [3.8, 4) is 11.5 Å². The van der Waals surface area contributed by atoms with E-state index in [2.05, 4.69) is 24.4 Å². The molecule has 6 heteroatoms. The van der Waals surface area contributed by atoms with Gasteiger partial charge in [0.1, 0.15) is 6.61 Å². The summed E-state index contributed by atoms with van der Waals surface area (Å²) in [6.45, 7) is 8.73. The summed E-state index contributed by atoms with van der Waals surface area (Å²) in [5.74, 6) is 1.29. The number of nitrogens with zero attached hydrogens (tertiary/aromatic N) is 1. The molecule has 1 N–H and O–H groups in total. The molecule has 0 radical (unpaired) electrons. The smallest absolute Gasteiger partial charge is 0.173 e. The van der Waals surface area contributed by atoms with Crippen molar-refractivity contribution in [3.63, 3.8) is 0 Å². The van der Waals surface area contributed by atoms with Crippen LogP contribution in [0.2, 0.25) is 0 Å². The zero-order valence-electron chi connectivity index (χ0n) is 18.1. The normalized spacial score (nSPS) is 16.4. The standard InChI is InChI=1S/C24H28N2O3S/c1-6-26-16(3)22(17(4)27)23(25-24(26)30)19-11-12-20(28-5)21(13-19)29-14-18-9-7-15(2)8-10-18/h7-13,23H,6,14H2,1-5H3,(H,25,30). The fourth-order valence-electron chi connectivity index (χ4n) is 3.70. The number of allylic oxidation sites excluding steroid dienone is 1. The highest BCUT2D eigenvalue weighted by Gasteiger charge is 2.32. The van der Waals surface area contributed by atoms with Crippen LogP contribution in [-0.4, -0.2) is 29.5 Å². The van der Waals surface area contributed by atoms with Crippen molar-refractivity contribution in [2.45, 2.75) is 40.3 Å². The molecule has 2 aromatic carbocycles. The molecule has 1 heterocycles. The van der Waals surface area contributed by atoms with Crippen LogP contribution < -0.4 is 14.8 Å². The van der Waals surface area contributed by atoms with E-state index in [0.29, 0.717) is 35.3 Å². The quantitative estimate of drug-likeness (QED) is 0.651. The summed E-state index contributed by atoms with van der Waals surface area (Å²) in [6.07, 6.45) is 0. The average molecular weight is 425 g/mol. The monoisotopic (exact) mass is 424 g/mol. The second kappa shape index (κ2) is 9.30. The van der Waals surface area contributed by atoms with Gasteiger partial charge in [-0.15, -0.1) is 0 Å². The first-order valence-corrected chi connectivity index (χ1v) is 10.4. The summed E-state index contributed by atoms with van der Waals surface area (Å²) in [5.41, 5.74) is 4.77. The largest absolute Gasteiger partial charge is 0.493 e. The van der Waals surface area contributed by atoms with Gasteiger partial charge in [-0.2, -0.15) is 0 Å². The number of carbonyl (C=O) groups excluding carboxylic acids is 1. The highest BCUT2D eigenvalue weighted by atomic mass is 32.1. The molecule has 0 bridgehead atoms. The van der Waals surface area contributed by atoms with Crippen molar-refractivity contribution in [3.05, 3.63) is 70.4 Å². The highest BCUT2D eigenvalue weighted by molar-refractivity contribution is 7.80. The van der Waals surface area contributed by atoms with Crippen molar-refractivity contribution < 1.29 is 14.3 Å². The second-order valence-corrected chi connectivity index (χ2v) is 7.75. The van der Waals surface area contributed by atoms with Crippen molar-refractivity contribution in [2.75, 3.05) is 13.7 Å². The lowest BCUT2D eigenvalue weighted by Crippen LogP contribution is -2.47. The van der Waals surface area contributed by atoms with Crippen molar-refractivity contribution in [1.82, 2.24) is 10.2 Å². The van der Waals surface area contributed by atoms with Gasteiger partial charge in [-0.1, -0.05) is 35.9 Å². The maximum absolute atomic E-state index is 12.5. The van der Waals surface area contributed by atoms with Crippen LogP contribution in [0.1, 0.15) is 43.5 Å². The molecule has 0 saturated heterocycles. The minimum atomic E-state index is -0.328. The molecular formula is C24H28N2O3S. The number of rotatable bonds is 7. The van der Waals surface area contributed by atoms with Gasteiger partial charge < -0.3 is 19.7 Å². The summed E-state index contributed by atoms with van der Waals surface area (Å²) in [4.78, 5) is 14.4. The van der Waals surface area contributed by atoms with E-state index in [1.165, 1.54) is 5.56 Å². The van der Waals surface area contributed by atoms with E-state index in [1.807, 2.05) is 49.1 Å². The Labute approximate surface area is 183 Å². The molecule has 158 valence electrons. The van der Waals surface area contributed by atoms with Crippen LogP contribution >= 0.6 is 12.2 Å². The van der Waals surface area contributed by atoms with Gasteiger partial charge in [0.15, 0.2) is 22.4 Å². The molecule has 0 aromatic heterocycles. The Morgan fingerprint density at radius 1 is 1.13 bits per heavy atom. The molecule has 0 amide bonds. The third-order valence-corrected chi connectivity index (χ3v) is 5.67. The summed E-state index contributed by atoms with van der Waals surface area (Å²) in [6, 6.07) is 13.6. The van der Waals surface area contributed by atoms with Gasteiger partial charge >= 0.3 is 0 Å². The Balaban J connectivity index is 1.94. The SMILES string of the molecule is CCN1C(=S)NC(c2ccc(OC)c(OCc3ccc(C)cc3)c2)C(C(C)=O)=C1C. The number of carbonyl (C=O) groups is 1. The number of ether oxygens (including phenoxy) is 2. The molecule has 0 aliphatic carbocycles. The first kappa shape index (κ1) is 21.8. The number of ketones is 1. The van der Waals surface area contributed by atoms with Crippen LogP contribution in [-0.2, 0) is 11.4 Å². The number of benzene rings is 2. The summed E-state index contributed by atoms with van der Waals surface area (Å²) in [7, 11) is 1.62. The van der Waals surface area contributed by atoms with Crippen molar-refractivity contribution in [2.24, 2.45) is 0 Å². The summed E-state index contributed by atoms with van der Waals surface area (Å²) < 4.78 is 11.6. The number of hydrogen-bond acceptors (Lipinski definition) is 4. The Morgan fingerprint density at radius 3 is 2.43 bits per heavy atom. The van der Waals surface area contributed by atoms with E-state index < -0.39 is 0 Å². The molecule has 0 spiro atoms. The summed E-state index contributed by atoms with van der Waals surface area (Å²) >= 11 is 5.54. The van der Waals surface area contributed by atoms with Crippen LogP contribution in [0.4, 0.5) is 0 Å². The van der Waals surface area contributed by atoms with E-state index in [1.54, 1.807) is 14.0 Å². The maximum atomic E-state index is 12.5. The molecule has 1 aliphatic rings. The van der Waals surface area contributed by atoms with Crippen LogP contribution in [0, 0.1) is 6.92 Å². The maximum Gasteiger partial charge on any atom is 0.173 e. The zero-order valence-corrected chi connectivity index (χ0v) is 18.9. The van der Waals surface area contributed by atoms with Gasteiger partial charge in [-0.25, -0.2) is 0 Å². The third kappa shape index (κ3) is 4.49. The van der Waals surface area contributed by atoms with E-state index in [-0.39, 0.29) is 11.8 Å². The zero-order chi connectivity index (χ0) is 21.8. The van der Waals surface area contributed by atoms with Gasteiger partial charge in [0, 0.05) is 17.8 Å². The first-order chi connectivity index (χ1) is 14.3. The number of thiocarbonyl (C=S) groups is 1. The molecule has 2 aromatic rings. The molecule has 0 saturated carbocycles. The average Bonchev–Trinajstić information content (AvgIpc) is 2.72. The van der Waals surface area contributed by atoms with Crippen LogP contribution in [0.25, 0.3) is 0 Å². The predicted octanol–water partition coefficient (Wildman–Crippen LogP) is 4.70. The third-order valence-electron chi connectivity index (χ3n) is 5.33. The highest BCUT2D eigenvalue weighted by Crippen LogP contribution is 2.36. The Morgan fingerprint density at radius 2 is 1.83 bits per heavy atom. The molecule has 1 aliphatic heterocycles. The molecule has 3 rings (SSSR count). The van der Waals surface area contributed by atoms with Gasteiger partial charge in [-0.05, 0) is 63.2 Å². The van der Waals surface area contributed by atoms with Crippen molar-refractivity contribution >= 4 is 23.1 Å². The number of Topliss-reactive ketones (excluding diaryl/α,β-unsaturated/α-hetero) is 1. The fourth-order valence-corrected chi connectivity index (χ4v) is 4.08. The van der Waals surface area contributed by atoms with Gasteiger partial charge in [0.2, 0.25) is 0 Å². The van der Waals surface area contributed by atoms with E-state index in [0.717, 1.165) is 16.8 Å². The van der Waals surface area contributed by atoms with Crippen molar-refractivity contribution in [1.29, 1.82) is 0 Å². The molecule has 5 nitrogen and oxygen atoms in total. The molecule has 30 heavy (non-hydrogen) atoms. The topological polar surface area (TPSA) is 50.8 Å². The molecular weight excluding hydrogens is 396 g/mol. The van der Waals surface area contributed by atoms with E-state index in [4.69, 9.17) is 21.7 Å². The fraction of sp³-hybridized carbons (Fsp3) is 0.333. The van der Waals surface area contributed by atoms with Gasteiger partial charge in [0.25, 0.3) is 0 Å². The molecule has 1 atom stereocenters. The van der Waals surface area contributed by atoms with E-state index >= 15 is 0 Å². The van der Waals surface area contributed by atoms with Crippen LogP contribution in [0.5, 0.6) is 11.5 Å². The Bertz CT molecular complexity index is 982. The summed E-state index contributed by atoms with van der Waals surface area (Å²) in [5, 5.41) is 3.94. The lowest BCUT2D eigenvalue weighted by molar-refractivity contribution is -0.114. The first-order valence-electron chi connectivity index (χ1n) is 10.0. The number of methoxy groups -OCH3 is 1. The lowest BCUT2D eigenvalue weighted by Gasteiger charge is -2.37. The predicted molar refractivity (Wildman–Crippen MR) is 123 cm³/mol. The van der Waals surface area contributed by atoms with E-state index in [9.17, 15) is 4.79 Å². The minimum Gasteiger partial charge on any atom is -0.493 e. The van der Waals surface area contributed by atoms with Crippen LogP contribution in [0.15, 0.2) is 53.7 Å². The second-order valence-electron chi connectivity index (χ2n) is 7.37.